The third-order valence-corrected chi connectivity index (χ3v) is 5.41. The molecule has 1 aromatic heterocycles. The van der Waals surface area contributed by atoms with Gasteiger partial charge in [0, 0.05) is 6.54 Å². The lowest BCUT2D eigenvalue weighted by molar-refractivity contribution is 0.170. The summed E-state index contributed by atoms with van der Waals surface area (Å²) in [6.07, 6.45) is 6.88. The van der Waals surface area contributed by atoms with Crippen molar-refractivity contribution in [3.8, 4) is 0 Å². The monoisotopic (exact) mass is 356 g/mol. The molecule has 0 aliphatic heterocycles. The van der Waals surface area contributed by atoms with Crippen molar-refractivity contribution in [2.24, 2.45) is 17.1 Å². The maximum absolute atomic E-state index is 6.61. The molecule has 0 radical (unpaired) electrons. The van der Waals surface area contributed by atoms with E-state index in [1.165, 1.54) is 31.4 Å². The van der Waals surface area contributed by atoms with Crippen LogP contribution in [0, 0.1) is 11.3 Å². The molecule has 0 amide bonds. The minimum atomic E-state index is 0.0835. The van der Waals surface area contributed by atoms with Crippen molar-refractivity contribution in [1.82, 2.24) is 14.7 Å². The Morgan fingerprint density at radius 3 is 2.62 bits per heavy atom. The molecule has 4 nitrogen and oxygen atoms in total. The number of hydrogen-bond donors (Lipinski definition) is 1. The van der Waals surface area contributed by atoms with E-state index in [0.29, 0.717) is 11.3 Å². The van der Waals surface area contributed by atoms with Gasteiger partial charge in [0.15, 0.2) is 0 Å². The van der Waals surface area contributed by atoms with E-state index in [-0.39, 0.29) is 6.04 Å². The largest absolute Gasteiger partial charge is 0.322 e. The zero-order chi connectivity index (χ0) is 15.6. The van der Waals surface area contributed by atoms with Crippen LogP contribution < -0.4 is 5.73 Å². The first-order valence-electron chi connectivity index (χ1n) is 7.92. The third-order valence-electron chi connectivity index (χ3n) is 4.80. The lowest BCUT2D eigenvalue weighted by atomic mass is 9.71. The van der Waals surface area contributed by atoms with Crippen LogP contribution in [0.5, 0.6) is 0 Å². The number of aromatic nitrogens is 2. The van der Waals surface area contributed by atoms with Crippen LogP contribution in [0.1, 0.15) is 51.3 Å². The predicted octanol–water partition coefficient (Wildman–Crippen LogP) is 3.42. The molecular weight excluding hydrogens is 328 g/mol. The van der Waals surface area contributed by atoms with Crippen LogP contribution in [-0.2, 0) is 6.54 Å². The topological polar surface area (TPSA) is 47.1 Å². The third kappa shape index (κ3) is 4.30. The molecule has 0 spiro atoms. The molecule has 1 heterocycles. The van der Waals surface area contributed by atoms with Gasteiger partial charge in [-0.25, -0.2) is 0 Å². The first kappa shape index (κ1) is 17.0. The molecule has 5 heteroatoms. The highest BCUT2D eigenvalue weighted by Gasteiger charge is 2.32. The van der Waals surface area contributed by atoms with Gasteiger partial charge in [-0.2, -0.15) is 5.10 Å². The maximum Gasteiger partial charge on any atom is 0.0696 e. The number of likely N-dealkylation sites (N-methyl/N-ethyl adjacent to an activating group) is 1. The first-order valence-corrected chi connectivity index (χ1v) is 8.71. The Kier molecular flexibility index (Phi) is 5.49. The molecule has 21 heavy (non-hydrogen) atoms. The standard InChI is InChI=1S/C16H29BrN4/c1-16(2)7-5-12(6-8-16)14(18)15-13(17)11-19-21(15)10-9-20(3)4/h11-12,14H,5-10,18H2,1-4H3. The quantitative estimate of drug-likeness (QED) is 0.878. The molecule has 1 atom stereocenters. The first-order chi connectivity index (χ1) is 9.80. The summed E-state index contributed by atoms with van der Waals surface area (Å²) in [5, 5.41) is 4.50. The molecule has 2 rings (SSSR count). The molecule has 0 saturated heterocycles. The van der Waals surface area contributed by atoms with Crippen LogP contribution >= 0.6 is 15.9 Å². The van der Waals surface area contributed by atoms with Gasteiger partial charge in [0.2, 0.25) is 0 Å². The summed E-state index contributed by atoms with van der Waals surface area (Å²) in [6.45, 7) is 6.60. The fraction of sp³-hybridized carbons (Fsp3) is 0.812. The summed E-state index contributed by atoms with van der Waals surface area (Å²) in [7, 11) is 4.17. The molecule has 1 saturated carbocycles. The van der Waals surface area contributed by atoms with E-state index in [1.54, 1.807) is 0 Å². The molecule has 1 aliphatic rings. The molecule has 1 unspecified atom stereocenters. The Morgan fingerprint density at radius 1 is 1.43 bits per heavy atom. The van der Waals surface area contributed by atoms with E-state index in [9.17, 15) is 0 Å². The predicted molar refractivity (Wildman–Crippen MR) is 91.1 cm³/mol. The van der Waals surface area contributed by atoms with Gasteiger partial charge in [0.25, 0.3) is 0 Å². The maximum atomic E-state index is 6.61. The summed E-state index contributed by atoms with van der Waals surface area (Å²) < 4.78 is 3.13. The number of hydrogen-bond acceptors (Lipinski definition) is 3. The molecule has 120 valence electrons. The van der Waals surface area contributed by atoms with Crippen LogP contribution in [-0.4, -0.2) is 35.3 Å². The van der Waals surface area contributed by atoms with E-state index >= 15 is 0 Å². The number of nitrogens with two attached hydrogens (primary N) is 1. The van der Waals surface area contributed by atoms with Gasteiger partial charge in [0.1, 0.15) is 0 Å². The summed E-state index contributed by atoms with van der Waals surface area (Å²) in [5.74, 6) is 0.573. The molecule has 1 aliphatic carbocycles. The molecule has 1 aromatic rings. The van der Waals surface area contributed by atoms with E-state index in [2.05, 4.69) is 58.6 Å². The molecule has 1 fully saturated rings. The second-order valence-electron chi connectivity index (χ2n) is 7.43. The summed E-state index contributed by atoms with van der Waals surface area (Å²) >= 11 is 3.64. The van der Waals surface area contributed by atoms with E-state index < -0.39 is 0 Å². The number of rotatable bonds is 5. The molecule has 0 aromatic carbocycles. The van der Waals surface area contributed by atoms with Crippen molar-refractivity contribution in [3.05, 3.63) is 16.4 Å². The van der Waals surface area contributed by atoms with Gasteiger partial charge in [-0.3, -0.25) is 4.68 Å². The van der Waals surface area contributed by atoms with Gasteiger partial charge in [0.05, 0.1) is 29.0 Å². The van der Waals surface area contributed by atoms with Gasteiger partial charge in [-0.05, 0) is 67.0 Å². The highest BCUT2D eigenvalue weighted by atomic mass is 79.9. The number of nitrogens with zero attached hydrogens (tertiary/aromatic N) is 3. The molecule has 2 N–H and O–H groups in total. The van der Waals surface area contributed by atoms with Crippen molar-refractivity contribution in [3.63, 3.8) is 0 Å². The SMILES string of the molecule is CN(C)CCn1ncc(Br)c1C(N)C1CCC(C)(C)CC1. The van der Waals surface area contributed by atoms with Gasteiger partial charge in [-0.15, -0.1) is 0 Å². The highest BCUT2D eigenvalue weighted by molar-refractivity contribution is 9.10. The zero-order valence-corrected chi connectivity index (χ0v) is 15.4. The second kappa shape index (κ2) is 6.80. The minimum Gasteiger partial charge on any atom is -0.322 e. The van der Waals surface area contributed by atoms with Crippen LogP contribution in [0.4, 0.5) is 0 Å². The van der Waals surface area contributed by atoms with Crippen molar-refractivity contribution < 1.29 is 0 Å². The van der Waals surface area contributed by atoms with Crippen molar-refractivity contribution in [2.45, 2.75) is 52.1 Å². The zero-order valence-electron chi connectivity index (χ0n) is 13.8. The highest BCUT2D eigenvalue weighted by Crippen LogP contribution is 2.42. The lowest BCUT2D eigenvalue weighted by Crippen LogP contribution is -2.31. The molecular formula is C16H29BrN4. The van der Waals surface area contributed by atoms with Gasteiger partial charge < -0.3 is 10.6 Å². The summed E-state index contributed by atoms with van der Waals surface area (Å²) in [4.78, 5) is 2.17. The fourth-order valence-electron chi connectivity index (χ4n) is 3.18. The Morgan fingerprint density at radius 2 is 2.05 bits per heavy atom. The number of halogens is 1. The van der Waals surface area contributed by atoms with Crippen molar-refractivity contribution in [1.29, 1.82) is 0 Å². The van der Waals surface area contributed by atoms with Crippen LogP contribution in [0.2, 0.25) is 0 Å². The minimum absolute atomic E-state index is 0.0835. The Labute approximate surface area is 137 Å². The Bertz CT molecular complexity index is 457. The van der Waals surface area contributed by atoms with Gasteiger partial charge in [-0.1, -0.05) is 13.8 Å². The smallest absolute Gasteiger partial charge is 0.0696 e. The van der Waals surface area contributed by atoms with E-state index in [4.69, 9.17) is 5.73 Å². The average Bonchev–Trinajstić information content (AvgIpc) is 2.76. The normalized spacial score (nSPS) is 20.9. The van der Waals surface area contributed by atoms with Crippen LogP contribution in [0.15, 0.2) is 10.7 Å². The van der Waals surface area contributed by atoms with E-state index in [0.717, 1.165) is 17.6 Å². The second-order valence-corrected chi connectivity index (χ2v) is 8.29. The van der Waals surface area contributed by atoms with E-state index in [1.807, 2.05) is 6.20 Å². The Hall–Kier alpha value is -0.390. The van der Waals surface area contributed by atoms with Crippen LogP contribution in [0.25, 0.3) is 0 Å². The van der Waals surface area contributed by atoms with Crippen molar-refractivity contribution >= 4 is 15.9 Å². The summed E-state index contributed by atoms with van der Waals surface area (Å²) in [6, 6.07) is 0.0835. The molecule has 0 bridgehead atoms. The van der Waals surface area contributed by atoms with Crippen LogP contribution in [0.3, 0.4) is 0 Å². The lowest BCUT2D eigenvalue weighted by Gasteiger charge is -2.37. The fourth-order valence-corrected chi connectivity index (χ4v) is 3.74. The average molecular weight is 357 g/mol. The Balaban J connectivity index is 2.08. The summed E-state index contributed by atoms with van der Waals surface area (Å²) in [5.41, 5.74) is 8.26. The van der Waals surface area contributed by atoms with Gasteiger partial charge >= 0.3 is 0 Å². The van der Waals surface area contributed by atoms with Crippen molar-refractivity contribution in [2.75, 3.05) is 20.6 Å².